The zero-order valence-electron chi connectivity index (χ0n) is 18.2. The molecule has 1 atom stereocenters. The van der Waals surface area contributed by atoms with Crippen molar-refractivity contribution in [2.24, 2.45) is 0 Å². The van der Waals surface area contributed by atoms with E-state index in [4.69, 9.17) is 9.47 Å². The first-order valence-electron chi connectivity index (χ1n) is 10.0. The molecule has 0 saturated carbocycles. The number of carbonyl (C=O) groups is 1. The van der Waals surface area contributed by atoms with E-state index in [0.29, 0.717) is 17.1 Å². The van der Waals surface area contributed by atoms with Crippen molar-refractivity contribution < 1.29 is 22.7 Å². The fraction of sp³-hybridized carbons (Fsp3) is 0.250. The van der Waals surface area contributed by atoms with Gasteiger partial charge in [-0.2, -0.15) is 0 Å². The first-order chi connectivity index (χ1) is 15.3. The van der Waals surface area contributed by atoms with Gasteiger partial charge in [0.2, 0.25) is 5.91 Å². The summed E-state index contributed by atoms with van der Waals surface area (Å²) in [5.41, 5.74) is 2.20. The summed E-state index contributed by atoms with van der Waals surface area (Å²) in [7, 11) is -0.687. The number of carbonyl (C=O) groups excluding carboxylic acids is 1. The Kier molecular flexibility index (Phi) is 7.48. The Bertz CT molecular complexity index is 1160. The van der Waals surface area contributed by atoms with Gasteiger partial charge < -0.3 is 14.8 Å². The number of methoxy groups -OCH3 is 2. The van der Waals surface area contributed by atoms with E-state index in [1.807, 2.05) is 6.92 Å². The fourth-order valence-corrected chi connectivity index (χ4v) is 4.95. The summed E-state index contributed by atoms with van der Waals surface area (Å²) >= 11 is 0. The molecule has 3 rings (SSSR count). The van der Waals surface area contributed by atoms with Gasteiger partial charge in [0.25, 0.3) is 0 Å². The molecule has 0 aliphatic rings. The third-order valence-corrected chi connectivity index (χ3v) is 7.19. The highest BCUT2D eigenvalue weighted by Crippen LogP contribution is 2.29. The molecule has 8 heteroatoms. The average molecular weight is 455 g/mol. The van der Waals surface area contributed by atoms with Crippen molar-refractivity contribution in [1.82, 2.24) is 10.3 Å². The second-order valence-corrected chi connectivity index (χ2v) is 9.43. The normalized spacial score (nSPS) is 12.1. The topological polar surface area (TPSA) is 94.6 Å². The highest BCUT2D eigenvalue weighted by Gasteiger charge is 2.29. The van der Waals surface area contributed by atoms with Gasteiger partial charge in [-0.15, -0.1) is 0 Å². The lowest BCUT2D eigenvalue weighted by atomic mass is 10.1. The van der Waals surface area contributed by atoms with Gasteiger partial charge in [-0.3, -0.25) is 9.78 Å². The van der Waals surface area contributed by atoms with Gasteiger partial charge in [0.05, 0.1) is 25.5 Å². The molecular weight excluding hydrogens is 428 g/mol. The number of nitrogens with zero attached hydrogens (tertiary/aromatic N) is 1. The highest BCUT2D eigenvalue weighted by molar-refractivity contribution is 7.91. The molecule has 0 aliphatic carbocycles. The van der Waals surface area contributed by atoms with E-state index in [9.17, 15) is 13.2 Å². The van der Waals surface area contributed by atoms with Crippen LogP contribution in [0, 0.1) is 6.92 Å². The molecule has 0 saturated heterocycles. The van der Waals surface area contributed by atoms with E-state index in [-0.39, 0.29) is 23.8 Å². The molecule has 1 heterocycles. The molecule has 168 valence electrons. The van der Waals surface area contributed by atoms with Crippen molar-refractivity contribution in [3.63, 3.8) is 0 Å². The van der Waals surface area contributed by atoms with Gasteiger partial charge in [-0.1, -0.05) is 29.8 Å². The first kappa shape index (κ1) is 23.3. The first-order valence-corrected chi connectivity index (χ1v) is 11.6. The van der Waals surface area contributed by atoms with Gasteiger partial charge in [-0.25, -0.2) is 8.42 Å². The second kappa shape index (κ2) is 10.3. The molecule has 1 N–H and O–H groups in total. The molecule has 32 heavy (non-hydrogen) atoms. The zero-order chi connectivity index (χ0) is 23.1. The Morgan fingerprint density at radius 2 is 1.75 bits per heavy atom. The summed E-state index contributed by atoms with van der Waals surface area (Å²) in [5, 5.41) is 1.80. The number of rotatable bonds is 9. The molecule has 7 nitrogen and oxygen atoms in total. The summed E-state index contributed by atoms with van der Waals surface area (Å²) in [6.07, 6.45) is 3.16. The van der Waals surface area contributed by atoms with Crippen molar-refractivity contribution in [1.29, 1.82) is 0 Å². The van der Waals surface area contributed by atoms with Gasteiger partial charge in [0, 0.05) is 18.9 Å². The van der Waals surface area contributed by atoms with Crippen LogP contribution in [0.15, 0.2) is 71.9 Å². The molecular formula is C24H26N2O5S. The van der Waals surface area contributed by atoms with E-state index in [1.165, 1.54) is 20.4 Å². The Labute approximate surface area is 188 Å². The maximum Gasteiger partial charge on any atom is 0.224 e. The lowest BCUT2D eigenvalue weighted by Crippen LogP contribution is -2.33. The summed E-state index contributed by atoms with van der Waals surface area (Å²) < 4.78 is 37.2. The van der Waals surface area contributed by atoms with Crippen LogP contribution in [0.3, 0.4) is 0 Å². The maximum absolute atomic E-state index is 13.4. The third kappa shape index (κ3) is 5.45. The number of benzene rings is 2. The minimum absolute atomic E-state index is 0.0741. The minimum atomic E-state index is -3.75. The monoisotopic (exact) mass is 454 g/mol. The number of ether oxygens (including phenoxy) is 2. The number of aromatic nitrogens is 1. The predicted octanol–water partition coefficient (Wildman–Crippen LogP) is 3.28. The lowest BCUT2D eigenvalue weighted by molar-refractivity contribution is -0.120. The second-order valence-electron chi connectivity index (χ2n) is 7.30. The van der Waals surface area contributed by atoms with Gasteiger partial charge in [0.15, 0.2) is 21.3 Å². The number of nitrogens with one attached hydrogen (secondary N) is 1. The van der Waals surface area contributed by atoms with Crippen molar-refractivity contribution in [2.45, 2.75) is 23.5 Å². The summed E-state index contributed by atoms with van der Waals surface area (Å²) in [6, 6.07) is 15.3. The number of sulfone groups is 1. The van der Waals surface area contributed by atoms with Crippen LogP contribution in [-0.4, -0.2) is 40.1 Å². The minimum Gasteiger partial charge on any atom is -0.493 e. The Morgan fingerprint density at radius 1 is 1.03 bits per heavy atom. The van der Waals surface area contributed by atoms with Crippen LogP contribution in [0.25, 0.3) is 0 Å². The van der Waals surface area contributed by atoms with Crippen molar-refractivity contribution in [2.75, 3.05) is 20.8 Å². The van der Waals surface area contributed by atoms with Crippen molar-refractivity contribution >= 4 is 15.7 Å². The van der Waals surface area contributed by atoms with Crippen LogP contribution in [0.2, 0.25) is 0 Å². The molecule has 1 amide bonds. The molecule has 1 unspecified atom stereocenters. The summed E-state index contributed by atoms with van der Waals surface area (Å²) in [5.74, 6) is 0.788. The number of amides is 1. The van der Waals surface area contributed by atoms with E-state index in [0.717, 1.165) is 11.1 Å². The van der Waals surface area contributed by atoms with Crippen LogP contribution < -0.4 is 14.8 Å². The van der Waals surface area contributed by atoms with Gasteiger partial charge in [-0.05, 0) is 48.4 Å². The number of aryl methyl sites for hydroxylation is 1. The van der Waals surface area contributed by atoms with Gasteiger partial charge >= 0.3 is 0 Å². The molecule has 0 fully saturated rings. The smallest absolute Gasteiger partial charge is 0.224 e. The average Bonchev–Trinajstić information content (AvgIpc) is 2.80. The van der Waals surface area contributed by atoms with Crippen LogP contribution in [0.1, 0.15) is 21.9 Å². The predicted molar refractivity (Wildman–Crippen MR) is 122 cm³/mol. The molecule has 1 aromatic heterocycles. The maximum atomic E-state index is 13.4. The summed E-state index contributed by atoms with van der Waals surface area (Å²) in [4.78, 5) is 16.9. The standard InChI is InChI=1S/C24H26N2O5S/c1-17-6-9-20(10-7-17)32(28,29)23(19-5-4-12-25-15-19)16-26-24(27)14-18-8-11-21(30-2)22(13-18)31-3/h4-13,15,23H,14,16H2,1-3H3,(H,26,27). The Balaban J connectivity index is 1.79. The molecule has 0 spiro atoms. The number of pyridine rings is 1. The van der Waals surface area contributed by atoms with Gasteiger partial charge in [0.1, 0.15) is 5.25 Å². The van der Waals surface area contributed by atoms with Crippen LogP contribution in [-0.2, 0) is 21.1 Å². The van der Waals surface area contributed by atoms with Crippen LogP contribution in [0.5, 0.6) is 11.5 Å². The van der Waals surface area contributed by atoms with Crippen molar-refractivity contribution in [3.05, 3.63) is 83.7 Å². The molecule has 0 bridgehead atoms. The number of hydrogen-bond acceptors (Lipinski definition) is 6. The Hall–Kier alpha value is -3.39. The van der Waals surface area contributed by atoms with E-state index in [1.54, 1.807) is 60.8 Å². The molecule has 0 radical (unpaired) electrons. The number of hydrogen-bond donors (Lipinski definition) is 1. The third-order valence-electron chi connectivity index (χ3n) is 5.08. The lowest BCUT2D eigenvalue weighted by Gasteiger charge is -2.19. The van der Waals surface area contributed by atoms with Crippen LogP contribution >= 0.6 is 0 Å². The van der Waals surface area contributed by atoms with E-state index >= 15 is 0 Å². The van der Waals surface area contributed by atoms with Crippen LogP contribution in [0.4, 0.5) is 0 Å². The Morgan fingerprint density at radius 3 is 2.38 bits per heavy atom. The molecule has 0 aliphatic heterocycles. The molecule has 2 aromatic carbocycles. The zero-order valence-corrected chi connectivity index (χ0v) is 19.1. The fourth-order valence-electron chi connectivity index (χ4n) is 3.31. The van der Waals surface area contributed by atoms with Crippen molar-refractivity contribution in [3.8, 4) is 11.5 Å². The highest BCUT2D eigenvalue weighted by atomic mass is 32.2. The van der Waals surface area contributed by atoms with E-state index in [2.05, 4.69) is 10.3 Å². The summed E-state index contributed by atoms with van der Waals surface area (Å²) in [6.45, 7) is 1.82. The largest absolute Gasteiger partial charge is 0.493 e. The SMILES string of the molecule is COc1ccc(CC(=O)NCC(c2cccnc2)S(=O)(=O)c2ccc(C)cc2)cc1OC. The quantitative estimate of drug-likeness (QED) is 0.533. The molecule has 3 aromatic rings. The van der Waals surface area contributed by atoms with E-state index < -0.39 is 15.1 Å².